The molecule has 1 N–H and O–H groups in total. The minimum atomic E-state index is -0.634. The normalized spacial score (nSPS) is 26.1. The van der Waals surface area contributed by atoms with Gasteiger partial charge in [0.2, 0.25) is 11.8 Å². The number of thiophene rings is 1. The van der Waals surface area contributed by atoms with Gasteiger partial charge in [-0.25, -0.2) is 0 Å². The molecule has 1 aliphatic heterocycles. The molecule has 0 radical (unpaired) electrons. The second-order valence-electron chi connectivity index (χ2n) is 4.16. The summed E-state index contributed by atoms with van der Waals surface area (Å²) < 4.78 is 0. The van der Waals surface area contributed by atoms with Gasteiger partial charge in [-0.1, -0.05) is 19.9 Å². The maximum absolute atomic E-state index is 11.9. The Balaban J connectivity index is 2.51. The Kier molecular flexibility index (Phi) is 2.38. The fourth-order valence-corrected chi connectivity index (χ4v) is 3.17. The van der Waals surface area contributed by atoms with Gasteiger partial charge < -0.3 is 0 Å². The molecule has 80 valence electrons. The van der Waals surface area contributed by atoms with Crippen LogP contribution in [0.2, 0.25) is 0 Å². The maximum atomic E-state index is 11.9. The molecule has 1 aromatic rings. The monoisotopic (exact) mass is 223 g/mol. The zero-order valence-electron chi connectivity index (χ0n) is 8.74. The van der Waals surface area contributed by atoms with Crippen LogP contribution in [-0.2, 0) is 15.0 Å². The molecular formula is C11H13NO2S. The van der Waals surface area contributed by atoms with Crippen LogP contribution in [0.3, 0.4) is 0 Å². The highest BCUT2D eigenvalue weighted by molar-refractivity contribution is 7.10. The summed E-state index contributed by atoms with van der Waals surface area (Å²) in [5.41, 5.74) is -0.634. The van der Waals surface area contributed by atoms with Crippen LogP contribution >= 0.6 is 11.3 Å². The predicted octanol–water partition coefficient (Wildman–Crippen LogP) is 1.69. The van der Waals surface area contributed by atoms with Crippen molar-refractivity contribution < 1.29 is 9.59 Å². The molecule has 1 fully saturated rings. The molecule has 2 amide bonds. The first kappa shape index (κ1) is 10.4. The fraction of sp³-hybridized carbons (Fsp3) is 0.455. The van der Waals surface area contributed by atoms with E-state index in [4.69, 9.17) is 0 Å². The molecule has 1 aromatic heterocycles. The van der Waals surface area contributed by atoms with Crippen molar-refractivity contribution in [2.75, 3.05) is 0 Å². The molecule has 1 saturated heterocycles. The number of hydrogen-bond acceptors (Lipinski definition) is 3. The number of imide groups is 1. The third-order valence-electron chi connectivity index (χ3n) is 3.04. The van der Waals surface area contributed by atoms with Gasteiger partial charge >= 0.3 is 0 Å². The summed E-state index contributed by atoms with van der Waals surface area (Å²) in [5.74, 6) is -0.186. The van der Waals surface area contributed by atoms with E-state index in [1.807, 2.05) is 31.4 Å². The second-order valence-corrected chi connectivity index (χ2v) is 5.11. The van der Waals surface area contributed by atoms with Gasteiger partial charge in [0.15, 0.2) is 0 Å². The molecule has 1 atom stereocenters. The molecule has 15 heavy (non-hydrogen) atoms. The lowest BCUT2D eigenvalue weighted by atomic mass is 9.74. The van der Waals surface area contributed by atoms with Crippen molar-refractivity contribution in [2.45, 2.75) is 25.7 Å². The fourth-order valence-electron chi connectivity index (χ4n) is 2.10. The average Bonchev–Trinajstić information content (AvgIpc) is 2.72. The molecule has 1 aliphatic rings. The van der Waals surface area contributed by atoms with Crippen molar-refractivity contribution in [2.24, 2.45) is 5.92 Å². The third kappa shape index (κ3) is 1.40. The molecule has 0 aliphatic carbocycles. The smallest absolute Gasteiger partial charge is 0.238 e. The Morgan fingerprint density at radius 2 is 2.20 bits per heavy atom. The lowest BCUT2D eigenvalue weighted by molar-refractivity contribution is -0.127. The average molecular weight is 223 g/mol. The van der Waals surface area contributed by atoms with Gasteiger partial charge in [-0.05, 0) is 17.4 Å². The molecule has 0 aromatic carbocycles. The number of nitrogens with one attached hydrogen (secondary N) is 1. The van der Waals surface area contributed by atoms with Gasteiger partial charge in [-0.15, -0.1) is 11.3 Å². The van der Waals surface area contributed by atoms with E-state index in [1.165, 1.54) is 0 Å². The zero-order valence-corrected chi connectivity index (χ0v) is 9.56. The van der Waals surface area contributed by atoms with Crippen LogP contribution in [0.4, 0.5) is 0 Å². The molecule has 0 spiro atoms. The van der Waals surface area contributed by atoms with Gasteiger partial charge in [-0.3, -0.25) is 14.9 Å². The quantitative estimate of drug-likeness (QED) is 0.775. The Hall–Kier alpha value is -1.16. The summed E-state index contributed by atoms with van der Waals surface area (Å²) in [6.07, 6.45) is 0.282. The van der Waals surface area contributed by atoms with Gasteiger partial charge in [0.1, 0.15) is 0 Å². The Bertz CT molecular complexity index is 397. The summed E-state index contributed by atoms with van der Waals surface area (Å²) in [5, 5.41) is 4.35. The largest absolute Gasteiger partial charge is 0.296 e. The molecule has 0 bridgehead atoms. The molecule has 3 nitrogen and oxygen atoms in total. The summed E-state index contributed by atoms with van der Waals surface area (Å²) in [6.45, 7) is 3.97. The van der Waals surface area contributed by atoms with Crippen LogP contribution in [0, 0.1) is 5.92 Å². The van der Waals surface area contributed by atoms with Crippen molar-refractivity contribution in [3.63, 3.8) is 0 Å². The van der Waals surface area contributed by atoms with E-state index >= 15 is 0 Å². The highest BCUT2D eigenvalue weighted by Crippen LogP contribution is 2.41. The Morgan fingerprint density at radius 3 is 2.60 bits per heavy atom. The molecule has 4 heteroatoms. The topological polar surface area (TPSA) is 46.2 Å². The third-order valence-corrected chi connectivity index (χ3v) is 4.09. The number of hydrogen-bond donors (Lipinski definition) is 1. The first-order chi connectivity index (χ1) is 7.07. The van der Waals surface area contributed by atoms with Crippen molar-refractivity contribution in [1.82, 2.24) is 5.32 Å². The first-order valence-corrected chi connectivity index (χ1v) is 5.83. The number of carbonyl (C=O) groups excluding carboxylic acids is 2. The lowest BCUT2D eigenvalue weighted by Crippen LogP contribution is -2.39. The van der Waals surface area contributed by atoms with Crippen LogP contribution in [0.25, 0.3) is 0 Å². The van der Waals surface area contributed by atoms with E-state index < -0.39 is 5.41 Å². The van der Waals surface area contributed by atoms with Crippen LogP contribution in [0.1, 0.15) is 25.1 Å². The van der Waals surface area contributed by atoms with E-state index in [-0.39, 0.29) is 24.2 Å². The molecule has 0 saturated carbocycles. The minimum Gasteiger partial charge on any atom is -0.296 e. The molecule has 2 rings (SSSR count). The van der Waals surface area contributed by atoms with E-state index in [0.29, 0.717) is 0 Å². The molecular weight excluding hydrogens is 210 g/mol. The van der Waals surface area contributed by atoms with Crippen molar-refractivity contribution >= 4 is 23.2 Å². The van der Waals surface area contributed by atoms with E-state index in [9.17, 15) is 9.59 Å². The summed E-state index contributed by atoms with van der Waals surface area (Å²) in [4.78, 5) is 24.2. The Morgan fingerprint density at radius 1 is 1.47 bits per heavy atom. The van der Waals surface area contributed by atoms with Crippen LogP contribution in [0.15, 0.2) is 17.5 Å². The number of rotatable bonds is 2. The summed E-state index contributed by atoms with van der Waals surface area (Å²) >= 11 is 1.54. The van der Waals surface area contributed by atoms with Gasteiger partial charge in [0, 0.05) is 11.3 Å². The zero-order chi connectivity index (χ0) is 11.1. The highest BCUT2D eigenvalue weighted by atomic mass is 32.1. The van der Waals surface area contributed by atoms with E-state index in [1.54, 1.807) is 11.3 Å². The van der Waals surface area contributed by atoms with Gasteiger partial charge in [0.05, 0.1) is 5.41 Å². The number of carbonyl (C=O) groups is 2. The van der Waals surface area contributed by atoms with Crippen molar-refractivity contribution in [3.05, 3.63) is 22.4 Å². The van der Waals surface area contributed by atoms with Crippen molar-refractivity contribution in [1.29, 1.82) is 0 Å². The van der Waals surface area contributed by atoms with Gasteiger partial charge in [0.25, 0.3) is 0 Å². The highest BCUT2D eigenvalue weighted by Gasteiger charge is 2.50. The SMILES string of the molecule is CC(C)C1(c2cccs2)CC(=O)NC1=O. The standard InChI is InChI=1S/C11H13NO2S/c1-7(2)11(8-4-3-5-15-8)6-9(13)12-10(11)14/h3-5,7H,6H2,1-2H3,(H,12,13,14). The second kappa shape index (κ2) is 3.45. The van der Waals surface area contributed by atoms with Crippen molar-refractivity contribution in [3.8, 4) is 0 Å². The number of amides is 2. The predicted molar refractivity (Wildman–Crippen MR) is 58.6 cm³/mol. The maximum Gasteiger partial charge on any atom is 0.238 e. The lowest BCUT2D eigenvalue weighted by Gasteiger charge is -2.28. The van der Waals surface area contributed by atoms with Crippen LogP contribution < -0.4 is 5.32 Å². The van der Waals surface area contributed by atoms with Crippen LogP contribution in [0.5, 0.6) is 0 Å². The van der Waals surface area contributed by atoms with Crippen LogP contribution in [-0.4, -0.2) is 11.8 Å². The van der Waals surface area contributed by atoms with Gasteiger partial charge in [-0.2, -0.15) is 0 Å². The molecule has 1 unspecified atom stereocenters. The summed E-state index contributed by atoms with van der Waals surface area (Å²) in [6, 6.07) is 3.85. The first-order valence-electron chi connectivity index (χ1n) is 4.95. The Labute approximate surface area is 92.5 Å². The minimum absolute atomic E-state index is 0.127. The molecule has 2 heterocycles. The summed E-state index contributed by atoms with van der Waals surface area (Å²) in [7, 11) is 0. The van der Waals surface area contributed by atoms with E-state index in [2.05, 4.69) is 5.32 Å². The van der Waals surface area contributed by atoms with E-state index in [0.717, 1.165) is 4.88 Å².